The Bertz CT molecular complexity index is 1150. The Labute approximate surface area is 185 Å². The number of benzene rings is 1. The van der Waals surface area contributed by atoms with Crippen molar-refractivity contribution in [1.29, 1.82) is 0 Å². The number of hydrogen-bond donors (Lipinski definition) is 2. The first kappa shape index (κ1) is 22.3. The van der Waals surface area contributed by atoms with E-state index in [0.717, 1.165) is 37.7 Å². The zero-order chi connectivity index (χ0) is 22.9. The Hall–Kier alpha value is -2.88. The van der Waals surface area contributed by atoms with Crippen LogP contribution in [0.4, 0.5) is 24.5 Å². The molecule has 1 aliphatic carbocycles. The summed E-state index contributed by atoms with van der Waals surface area (Å²) in [5.74, 6) is -2.06. The molecule has 1 amide bonds. The van der Waals surface area contributed by atoms with Gasteiger partial charge >= 0.3 is 12.1 Å². The number of carbonyl (C=O) groups is 1. The molecule has 170 valence electrons. The van der Waals surface area contributed by atoms with Crippen molar-refractivity contribution in [2.75, 3.05) is 10.6 Å². The van der Waals surface area contributed by atoms with E-state index in [1.165, 1.54) is 10.2 Å². The molecule has 0 aliphatic heterocycles. The molecule has 1 fully saturated rings. The number of halogens is 3. The molecule has 1 unspecified atom stereocenters. The maximum absolute atomic E-state index is 13.1. The van der Waals surface area contributed by atoms with Crippen molar-refractivity contribution in [2.45, 2.75) is 56.1 Å². The van der Waals surface area contributed by atoms with Crippen LogP contribution in [0.25, 0.3) is 11.0 Å². The summed E-state index contributed by atoms with van der Waals surface area (Å²) < 4.78 is 53.2. The molecule has 1 atom stereocenters. The van der Waals surface area contributed by atoms with Gasteiger partial charge in [-0.25, -0.2) is 13.2 Å². The summed E-state index contributed by atoms with van der Waals surface area (Å²) in [6.07, 6.45) is 2.68. The first-order valence-electron chi connectivity index (χ1n) is 10.4. The van der Waals surface area contributed by atoms with Crippen molar-refractivity contribution in [3.63, 3.8) is 0 Å². The fourth-order valence-electron chi connectivity index (χ4n) is 3.86. The number of amides is 1. The third-order valence-corrected chi connectivity index (χ3v) is 6.87. The number of aryl methyl sites for hydroxylation is 1. The number of nitrogens with one attached hydrogen (secondary N) is 2. The fourth-order valence-corrected chi connectivity index (χ4v) is 4.93. The molecule has 1 aliphatic rings. The number of anilines is 2. The summed E-state index contributed by atoms with van der Waals surface area (Å²) in [6, 6.07) is 8.96. The molecule has 2 N–H and O–H groups in total. The number of aromatic nitrogens is 2. The van der Waals surface area contributed by atoms with Gasteiger partial charge in [-0.1, -0.05) is 37.0 Å². The second-order valence-electron chi connectivity index (χ2n) is 7.92. The van der Waals surface area contributed by atoms with E-state index in [4.69, 9.17) is 0 Å². The summed E-state index contributed by atoms with van der Waals surface area (Å²) in [5.41, 5.74) is 1.70. The highest BCUT2D eigenvalue weighted by Crippen LogP contribution is 2.35. The van der Waals surface area contributed by atoms with Crippen LogP contribution in [0.3, 0.4) is 0 Å². The number of nitrogens with zero attached hydrogens (tertiary/aromatic N) is 2. The number of rotatable bonds is 5. The van der Waals surface area contributed by atoms with Gasteiger partial charge in [-0.15, -0.1) is 0 Å². The summed E-state index contributed by atoms with van der Waals surface area (Å²) >= 11 is 0. The highest BCUT2D eigenvalue weighted by Gasteiger charge is 2.39. The van der Waals surface area contributed by atoms with Crippen molar-refractivity contribution in [2.24, 2.45) is 0 Å². The van der Waals surface area contributed by atoms with Crippen LogP contribution < -0.4 is 10.6 Å². The van der Waals surface area contributed by atoms with Crippen LogP contribution in [0.2, 0.25) is 0 Å². The van der Waals surface area contributed by atoms with Crippen molar-refractivity contribution in [1.82, 2.24) is 8.96 Å². The normalized spacial score (nSPS) is 16.1. The van der Waals surface area contributed by atoms with Gasteiger partial charge < -0.3 is 10.6 Å². The molecule has 32 heavy (non-hydrogen) atoms. The molecule has 1 aromatic carbocycles. The monoisotopic (exact) mass is 464 g/mol. The van der Waals surface area contributed by atoms with Gasteiger partial charge in [0, 0.05) is 17.6 Å². The largest absolute Gasteiger partial charge is 0.471 e. The highest BCUT2D eigenvalue weighted by molar-refractivity contribution is 7.83. The molecular weight excluding hydrogens is 441 g/mol. The van der Waals surface area contributed by atoms with E-state index in [0.29, 0.717) is 21.6 Å². The minimum Gasteiger partial charge on any atom is -0.380 e. The van der Waals surface area contributed by atoms with Gasteiger partial charge in [0.05, 0.1) is 22.5 Å². The minimum atomic E-state index is -5.02. The molecule has 6 nitrogen and oxygen atoms in total. The van der Waals surface area contributed by atoms with E-state index in [2.05, 4.69) is 10.3 Å². The number of hydrogen-bond acceptors (Lipinski definition) is 4. The first-order valence-corrected chi connectivity index (χ1v) is 11.5. The third-order valence-electron chi connectivity index (χ3n) is 5.54. The van der Waals surface area contributed by atoms with Crippen LogP contribution in [0.1, 0.15) is 37.7 Å². The van der Waals surface area contributed by atoms with Crippen LogP contribution in [0.15, 0.2) is 47.6 Å². The fraction of sp³-hybridized carbons (Fsp3) is 0.364. The first-order chi connectivity index (χ1) is 15.2. The van der Waals surface area contributed by atoms with E-state index in [9.17, 15) is 22.2 Å². The predicted octanol–water partition coefficient (Wildman–Crippen LogP) is 5.16. The third kappa shape index (κ3) is 4.64. The van der Waals surface area contributed by atoms with Crippen LogP contribution in [-0.4, -0.2) is 31.3 Å². The van der Waals surface area contributed by atoms with Gasteiger partial charge in [0.2, 0.25) is 0 Å². The zero-order valence-corrected chi connectivity index (χ0v) is 18.2. The molecule has 3 aromatic rings. The van der Waals surface area contributed by atoms with Crippen molar-refractivity contribution < 1.29 is 22.2 Å². The van der Waals surface area contributed by atoms with Gasteiger partial charge in [-0.2, -0.15) is 13.2 Å². The van der Waals surface area contributed by atoms with E-state index in [1.807, 2.05) is 24.4 Å². The number of fused-ring (bicyclic) bond motifs is 1. The average molecular weight is 465 g/mol. The molecule has 2 aromatic heterocycles. The number of pyridine rings is 1. The lowest BCUT2D eigenvalue weighted by atomic mass is 9.95. The molecule has 4 rings (SSSR count). The second-order valence-corrected chi connectivity index (χ2v) is 9.28. The predicted molar refractivity (Wildman–Crippen MR) is 118 cm³/mol. The lowest BCUT2D eigenvalue weighted by Gasteiger charge is -2.25. The van der Waals surface area contributed by atoms with E-state index < -0.39 is 23.1 Å². The highest BCUT2D eigenvalue weighted by atomic mass is 32.2. The van der Waals surface area contributed by atoms with Gasteiger partial charge in [-0.05, 0) is 38.0 Å². The van der Waals surface area contributed by atoms with Crippen molar-refractivity contribution in [3.8, 4) is 0 Å². The average Bonchev–Trinajstić information content (AvgIpc) is 3.20. The molecule has 10 heteroatoms. The Morgan fingerprint density at radius 3 is 2.47 bits per heavy atom. The zero-order valence-electron chi connectivity index (χ0n) is 17.4. The summed E-state index contributed by atoms with van der Waals surface area (Å²) in [5, 5.41) is 5.75. The molecular formula is C22H23F3N4O2S. The Balaban J connectivity index is 1.75. The standard InChI is InChI=1S/C22H23F3N4O2S/c1-14-7-9-16(10-8-14)32(31)29-12-11-17-19(27-15-5-3-2-4-6-15)18(13-26-20(17)29)28-21(30)22(23,24)25/h7-13,15H,2-6H2,1H3,(H,26,27)(H,28,30). The summed E-state index contributed by atoms with van der Waals surface area (Å²) in [7, 11) is -1.59. The molecule has 1 saturated carbocycles. The smallest absolute Gasteiger partial charge is 0.380 e. The maximum atomic E-state index is 13.1. The Morgan fingerprint density at radius 1 is 1.12 bits per heavy atom. The summed E-state index contributed by atoms with van der Waals surface area (Å²) in [6.45, 7) is 1.93. The number of alkyl halides is 3. The van der Waals surface area contributed by atoms with Gasteiger partial charge in [0.1, 0.15) is 0 Å². The van der Waals surface area contributed by atoms with Crippen LogP contribution in [0.5, 0.6) is 0 Å². The van der Waals surface area contributed by atoms with E-state index >= 15 is 0 Å². The maximum Gasteiger partial charge on any atom is 0.471 e. The molecule has 0 spiro atoms. The van der Waals surface area contributed by atoms with E-state index in [-0.39, 0.29) is 11.7 Å². The molecule has 2 heterocycles. The molecule has 0 bridgehead atoms. The Morgan fingerprint density at radius 2 is 1.81 bits per heavy atom. The minimum absolute atomic E-state index is 0.0516. The van der Waals surface area contributed by atoms with Gasteiger partial charge in [0.15, 0.2) is 16.6 Å². The van der Waals surface area contributed by atoms with Crippen LogP contribution in [-0.2, 0) is 15.8 Å². The van der Waals surface area contributed by atoms with Crippen LogP contribution >= 0.6 is 0 Å². The van der Waals surface area contributed by atoms with Crippen molar-refractivity contribution >= 4 is 39.3 Å². The van der Waals surface area contributed by atoms with Gasteiger partial charge in [-0.3, -0.25) is 4.79 Å². The Kier molecular flexibility index (Phi) is 6.23. The lowest BCUT2D eigenvalue weighted by molar-refractivity contribution is -0.167. The lowest BCUT2D eigenvalue weighted by Crippen LogP contribution is -2.31. The molecule has 0 radical (unpaired) electrons. The molecule has 0 saturated heterocycles. The van der Waals surface area contributed by atoms with E-state index in [1.54, 1.807) is 24.4 Å². The number of carbonyl (C=O) groups excluding carboxylic acids is 1. The van der Waals surface area contributed by atoms with Crippen LogP contribution in [0, 0.1) is 6.92 Å². The van der Waals surface area contributed by atoms with Crippen molar-refractivity contribution in [3.05, 3.63) is 48.3 Å². The topological polar surface area (TPSA) is 76.0 Å². The summed E-state index contributed by atoms with van der Waals surface area (Å²) in [4.78, 5) is 16.4. The van der Waals surface area contributed by atoms with Gasteiger partial charge in [0.25, 0.3) is 0 Å². The SMILES string of the molecule is Cc1ccc(S(=O)n2ccc3c(NC4CCCCC4)c(NC(=O)C(F)(F)F)cnc32)cc1. The second kappa shape index (κ2) is 8.93. The quantitative estimate of drug-likeness (QED) is 0.547.